The van der Waals surface area contributed by atoms with E-state index in [9.17, 15) is 4.79 Å². The Balaban J connectivity index is 1.72. The lowest BCUT2D eigenvalue weighted by Crippen LogP contribution is -2.40. The summed E-state index contributed by atoms with van der Waals surface area (Å²) in [5.74, 6) is 0. The molecule has 18 heavy (non-hydrogen) atoms. The zero-order valence-electron chi connectivity index (χ0n) is 10.4. The minimum atomic E-state index is -0.0350. The Bertz CT molecular complexity index is 468. The number of rotatable bonds is 2. The van der Waals surface area contributed by atoms with E-state index in [0.717, 1.165) is 37.8 Å². The lowest BCUT2D eigenvalue weighted by Gasteiger charge is -2.26. The van der Waals surface area contributed by atoms with Crippen LogP contribution in [0.2, 0.25) is 0 Å². The van der Waals surface area contributed by atoms with E-state index in [-0.39, 0.29) is 12.1 Å². The number of benzene rings is 1. The number of carbonyl (C=O) groups is 1. The number of urea groups is 1. The van der Waals surface area contributed by atoms with Crippen molar-refractivity contribution >= 4 is 11.7 Å². The van der Waals surface area contributed by atoms with Crippen LogP contribution in [-0.2, 0) is 6.42 Å². The van der Waals surface area contributed by atoms with E-state index in [0.29, 0.717) is 6.04 Å². The van der Waals surface area contributed by atoms with Gasteiger partial charge in [0.1, 0.15) is 0 Å². The molecule has 3 rings (SSSR count). The van der Waals surface area contributed by atoms with E-state index in [2.05, 4.69) is 10.6 Å². The van der Waals surface area contributed by atoms with Gasteiger partial charge in [-0.2, -0.15) is 0 Å². The number of nitrogen functional groups attached to an aromatic ring is 1. The van der Waals surface area contributed by atoms with Crippen LogP contribution in [0.1, 0.15) is 42.9 Å². The first-order chi connectivity index (χ1) is 8.72. The molecule has 0 saturated heterocycles. The first-order valence-electron chi connectivity index (χ1n) is 6.68. The molecule has 1 aromatic carbocycles. The van der Waals surface area contributed by atoms with Crippen molar-refractivity contribution in [2.24, 2.45) is 0 Å². The second-order valence-corrected chi connectivity index (χ2v) is 5.30. The summed E-state index contributed by atoms with van der Waals surface area (Å²) in [5, 5.41) is 6.04. The summed E-state index contributed by atoms with van der Waals surface area (Å²) in [7, 11) is 0. The summed E-state index contributed by atoms with van der Waals surface area (Å²) in [4.78, 5) is 11.8. The van der Waals surface area contributed by atoms with Crippen LogP contribution in [0.4, 0.5) is 10.5 Å². The molecule has 0 aromatic heterocycles. The minimum Gasteiger partial charge on any atom is -0.399 e. The number of hydrogen-bond acceptors (Lipinski definition) is 2. The molecule has 0 radical (unpaired) electrons. The second kappa shape index (κ2) is 4.52. The van der Waals surface area contributed by atoms with Crippen LogP contribution in [0.3, 0.4) is 0 Å². The number of nitrogens with two attached hydrogens (primary N) is 1. The first kappa shape index (κ1) is 11.4. The quantitative estimate of drug-likeness (QED) is 0.698. The van der Waals surface area contributed by atoms with Gasteiger partial charge in [0.15, 0.2) is 0 Å². The number of aryl methyl sites for hydroxylation is 1. The minimum absolute atomic E-state index is 0.0350. The van der Waals surface area contributed by atoms with Gasteiger partial charge in [-0.25, -0.2) is 4.79 Å². The Morgan fingerprint density at radius 1 is 1.22 bits per heavy atom. The Labute approximate surface area is 107 Å². The number of carbonyl (C=O) groups excluding carboxylic acids is 1. The second-order valence-electron chi connectivity index (χ2n) is 5.30. The van der Waals surface area contributed by atoms with Gasteiger partial charge in [0.05, 0.1) is 6.04 Å². The molecular formula is C14H19N3O. The smallest absolute Gasteiger partial charge is 0.315 e. The van der Waals surface area contributed by atoms with E-state index in [1.54, 1.807) is 0 Å². The normalized spacial score (nSPS) is 22.1. The molecule has 1 aromatic rings. The number of nitrogens with one attached hydrogen (secondary N) is 2. The Morgan fingerprint density at radius 3 is 2.83 bits per heavy atom. The van der Waals surface area contributed by atoms with Crippen LogP contribution in [0.15, 0.2) is 18.2 Å². The number of amides is 2. The van der Waals surface area contributed by atoms with Crippen LogP contribution in [-0.4, -0.2) is 12.1 Å². The molecule has 1 saturated carbocycles. The fraction of sp³-hybridized carbons (Fsp3) is 0.500. The van der Waals surface area contributed by atoms with Crippen molar-refractivity contribution in [3.63, 3.8) is 0 Å². The molecule has 0 bridgehead atoms. The van der Waals surface area contributed by atoms with E-state index in [4.69, 9.17) is 5.73 Å². The fourth-order valence-electron chi connectivity index (χ4n) is 2.60. The molecule has 0 spiro atoms. The van der Waals surface area contributed by atoms with Crippen molar-refractivity contribution in [2.45, 2.75) is 44.2 Å². The fourth-order valence-corrected chi connectivity index (χ4v) is 2.60. The summed E-state index contributed by atoms with van der Waals surface area (Å²) >= 11 is 0. The number of anilines is 1. The summed E-state index contributed by atoms with van der Waals surface area (Å²) in [5.41, 5.74) is 9.11. The maximum atomic E-state index is 11.8. The summed E-state index contributed by atoms with van der Waals surface area (Å²) < 4.78 is 0. The van der Waals surface area contributed by atoms with Gasteiger partial charge in [-0.1, -0.05) is 6.07 Å². The van der Waals surface area contributed by atoms with Crippen molar-refractivity contribution in [3.8, 4) is 0 Å². The van der Waals surface area contributed by atoms with Crippen molar-refractivity contribution in [1.29, 1.82) is 0 Å². The molecule has 1 atom stereocenters. The molecule has 4 heteroatoms. The maximum Gasteiger partial charge on any atom is 0.315 e. The maximum absolute atomic E-state index is 11.8. The highest BCUT2D eigenvalue weighted by Crippen LogP contribution is 2.31. The molecule has 0 heterocycles. The summed E-state index contributed by atoms with van der Waals surface area (Å²) in [6, 6.07) is 6.49. The standard InChI is InChI=1S/C14H19N3O/c15-10-4-7-12-9(8-10)2-1-3-13(12)17-14(18)16-11-5-6-11/h4,7-8,11,13H,1-3,5-6,15H2,(H2,16,17,18). The van der Waals surface area contributed by atoms with Gasteiger partial charge >= 0.3 is 6.03 Å². The van der Waals surface area contributed by atoms with E-state index in [1.807, 2.05) is 18.2 Å². The summed E-state index contributed by atoms with van der Waals surface area (Å²) in [6.07, 6.45) is 5.40. The highest BCUT2D eigenvalue weighted by molar-refractivity contribution is 5.75. The SMILES string of the molecule is Nc1ccc2c(c1)CCCC2NC(=O)NC1CC1. The summed E-state index contributed by atoms with van der Waals surface area (Å²) in [6.45, 7) is 0. The van der Waals surface area contributed by atoms with Crippen LogP contribution >= 0.6 is 0 Å². The van der Waals surface area contributed by atoms with Crippen molar-refractivity contribution in [3.05, 3.63) is 29.3 Å². The van der Waals surface area contributed by atoms with Crippen LogP contribution in [0.5, 0.6) is 0 Å². The van der Waals surface area contributed by atoms with E-state index in [1.165, 1.54) is 11.1 Å². The Kier molecular flexibility index (Phi) is 2.86. The lowest BCUT2D eigenvalue weighted by molar-refractivity contribution is 0.235. The predicted octanol–water partition coefficient (Wildman–Crippen LogP) is 2.11. The molecule has 1 fully saturated rings. The topological polar surface area (TPSA) is 67.1 Å². The average Bonchev–Trinajstić information content (AvgIpc) is 3.12. The van der Waals surface area contributed by atoms with Crippen LogP contribution in [0, 0.1) is 0 Å². The molecule has 2 aliphatic rings. The largest absolute Gasteiger partial charge is 0.399 e. The van der Waals surface area contributed by atoms with Crippen LogP contribution in [0.25, 0.3) is 0 Å². The van der Waals surface area contributed by atoms with E-state index >= 15 is 0 Å². The third-order valence-electron chi connectivity index (χ3n) is 3.70. The molecule has 1 unspecified atom stereocenters. The average molecular weight is 245 g/mol. The van der Waals surface area contributed by atoms with Gasteiger partial charge in [0, 0.05) is 11.7 Å². The van der Waals surface area contributed by atoms with E-state index < -0.39 is 0 Å². The van der Waals surface area contributed by atoms with Gasteiger partial charge < -0.3 is 16.4 Å². The number of hydrogen-bond donors (Lipinski definition) is 3. The number of fused-ring (bicyclic) bond motifs is 1. The van der Waals surface area contributed by atoms with Gasteiger partial charge in [-0.05, 0) is 55.4 Å². The Morgan fingerprint density at radius 2 is 2.06 bits per heavy atom. The molecule has 2 amide bonds. The first-order valence-corrected chi connectivity index (χ1v) is 6.68. The van der Waals surface area contributed by atoms with Crippen molar-refractivity contribution < 1.29 is 4.79 Å². The Hall–Kier alpha value is -1.71. The zero-order valence-corrected chi connectivity index (χ0v) is 10.4. The molecule has 96 valence electrons. The molecule has 4 nitrogen and oxygen atoms in total. The highest BCUT2D eigenvalue weighted by atomic mass is 16.2. The molecule has 2 aliphatic carbocycles. The third-order valence-corrected chi connectivity index (χ3v) is 3.70. The molecular weight excluding hydrogens is 226 g/mol. The van der Waals surface area contributed by atoms with Crippen LogP contribution < -0.4 is 16.4 Å². The monoisotopic (exact) mass is 245 g/mol. The van der Waals surface area contributed by atoms with Crippen molar-refractivity contribution in [2.75, 3.05) is 5.73 Å². The zero-order chi connectivity index (χ0) is 12.5. The van der Waals surface area contributed by atoms with Gasteiger partial charge in [-0.3, -0.25) is 0 Å². The molecule has 4 N–H and O–H groups in total. The highest BCUT2D eigenvalue weighted by Gasteiger charge is 2.26. The predicted molar refractivity (Wildman–Crippen MR) is 71.2 cm³/mol. The third kappa shape index (κ3) is 2.42. The molecule has 0 aliphatic heterocycles. The lowest BCUT2D eigenvalue weighted by atomic mass is 9.87. The van der Waals surface area contributed by atoms with Gasteiger partial charge in [0.25, 0.3) is 0 Å². The van der Waals surface area contributed by atoms with Gasteiger partial charge in [-0.15, -0.1) is 0 Å². The van der Waals surface area contributed by atoms with Crippen molar-refractivity contribution in [1.82, 2.24) is 10.6 Å². The van der Waals surface area contributed by atoms with Gasteiger partial charge in [0.2, 0.25) is 0 Å².